The van der Waals surface area contributed by atoms with Gasteiger partial charge in [0.25, 0.3) is 0 Å². The minimum Gasteiger partial charge on any atom is -0.384 e. The summed E-state index contributed by atoms with van der Waals surface area (Å²) in [4.78, 5) is 0. The second-order valence-corrected chi connectivity index (χ2v) is 11.8. The van der Waals surface area contributed by atoms with Crippen LogP contribution in [-0.2, 0) is 4.74 Å². The van der Waals surface area contributed by atoms with Crippen molar-refractivity contribution < 1.29 is 9.13 Å². The lowest BCUT2D eigenvalue weighted by atomic mass is 9.68. The van der Waals surface area contributed by atoms with Crippen LogP contribution in [0.4, 0.5) is 4.39 Å². The SMILES string of the molecule is CCCCCC1CCC(C2CCC(c3ccc(C4CCC(COC)CC4)c(F)c3)CC2)CC1. The third kappa shape index (κ3) is 6.83. The van der Waals surface area contributed by atoms with Gasteiger partial charge in [0.2, 0.25) is 0 Å². The molecule has 3 aliphatic rings. The normalized spacial score (nSPS) is 33.2. The quantitative estimate of drug-likeness (QED) is 0.336. The van der Waals surface area contributed by atoms with Crippen LogP contribution in [0.2, 0.25) is 0 Å². The highest BCUT2D eigenvalue weighted by atomic mass is 19.1. The van der Waals surface area contributed by atoms with Gasteiger partial charge in [-0.2, -0.15) is 0 Å². The molecule has 1 nitrogen and oxygen atoms in total. The maximum Gasteiger partial charge on any atom is 0.126 e. The maximum atomic E-state index is 15.1. The van der Waals surface area contributed by atoms with Crippen LogP contribution in [0.1, 0.15) is 133 Å². The molecule has 0 N–H and O–H groups in total. The largest absolute Gasteiger partial charge is 0.384 e. The zero-order valence-corrected chi connectivity index (χ0v) is 21.5. The second kappa shape index (κ2) is 12.7. The molecule has 3 aliphatic carbocycles. The molecule has 0 saturated heterocycles. The summed E-state index contributed by atoms with van der Waals surface area (Å²) in [7, 11) is 1.79. The minimum absolute atomic E-state index is 0.0613. The molecule has 0 spiro atoms. The van der Waals surface area contributed by atoms with Gasteiger partial charge in [-0.25, -0.2) is 4.39 Å². The Hall–Kier alpha value is -0.890. The molecule has 0 heterocycles. The van der Waals surface area contributed by atoms with Crippen molar-refractivity contribution in [3.05, 3.63) is 35.1 Å². The summed E-state index contributed by atoms with van der Waals surface area (Å²) < 4.78 is 20.4. The minimum atomic E-state index is 0.0613. The molecule has 0 bridgehead atoms. The van der Waals surface area contributed by atoms with Gasteiger partial charge in [0.1, 0.15) is 5.82 Å². The Morgan fingerprint density at radius 3 is 1.97 bits per heavy atom. The number of ether oxygens (including phenoxy) is 1. The predicted octanol–water partition coefficient (Wildman–Crippen LogP) is 9.41. The first-order chi connectivity index (χ1) is 16.2. The molecule has 0 aliphatic heterocycles. The highest BCUT2D eigenvalue weighted by Gasteiger charge is 2.32. The molecular formula is C31H49FO. The Morgan fingerprint density at radius 1 is 0.758 bits per heavy atom. The highest BCUT2D eigenvalue weighted by molar-refractivity contribution is 5.30. The molecule has 3 saturated carbocycles. The number of rotatable bonds is 9. The molecule has 1 aromatic rings. The smallest absolute Gasteiger partial charge is 0.126 e. The topological polar surface area (TPSA) is 9.23 Å². The van der Waals surface area contributed by atoms with E-state index in [-0.39, 0.29) is 5.82 Å². The van der Waals surface area contributed by atoms with Gasteiger partial charge < -0.3 is 4.74 Å². The van der Waals surface area contributed by atoms with E-state index in [4.69, 9.17) is 4.74 Å². The third-order valence-electron chi connectivity index (χ3n) is 9.73. The van der Waals surface area contributed by atoms with Crippen molar-refractivity contribution in [2.24, 2.45) is 23.7 Å². The Kier molecular flexibility index (Phi) is 9.71. The Bertz CT molecular complexity index is 691. The summed E-state index contributed by atoms with van der Waals surface area (Å²) in [6.07, 6.45) is 21.4. The molecule has 0 aromatic heterocycles. The molecule has 0 unspecified atom stereocenters. The lowest BCUT2D eigenvalue weighted by molar-refractivity contribution is 0.127. The van der Waals surface area contributed by atoms with Crippen LogP contribution in [0.15, 0.2) is 18.2 Å². The Labute approximate surface area is 203 Å². The summed E-state index contributed by atoms with van der Waals surface area (Å²) in [5, 5.41) is 0. The van der Waals surface area contributed by atoms with Gasteiger partial charge in [0, 0.05) is 13.7 Å². The maximum absolute atomic E-state index is 15.1. The van der Waals surface area contributed by atoms with Gasteiger partial charge in [0.05, 0.1) is 0 Å². The number of halogens is 1. The summed E-state index contributed by atoms with van der Waals surface area (Å²) in [6, 6.07) is 6.31. The van der Waals surface area contributed by atoms with Crippen molar-refractivity contribution in [1.29, 1.82) is 0 Å². The van der Waals surface area contributed by atoms with Crippen LogP contribution in [0.5, 0.6) is 0 Å². The summed E-state index contributed by atoms with van der Waals surface area (Å²) >= 11 is 0. The van der Waals surface area contributed by atoms with E-state index in [1.165, 1.54) is 95.5 Å². The van der Waals surface area contributed by atoms with Crippen LogP contribution >= 0.6 is 0 Å². The molecule has 33 heavy (non-hydrogen) atoms. The molecule has 0 radical (unpaired) electrons. The molecule has 2 heteroatoms. The lowest BCUT2D eigenvalue weighted by Gasteiger charge is -2.38. The molecule has 1 aromatic carbocycles. The summed E-state index contributed by atoms with van der Waals surface area (Å²) in [6.45, 7) is 3.17. The number of benzene rings is 1. The highest BCUT2D eigenvalue weighted by Crippen LogP contribution is 2.45. The first kappa shape index (κ1) is 25.2. The van der Waals surface area contributed by atoms with Gasteiger partial charge in [-0.3, -0.25) is 0 Å². The second-order valence-electron chi connectivity index (χ2n) is 11.8. The zero-order chi connectivity index (χ0) is 23.0. The Balaban J connectivity index is 1.23. The van der Waals surface area contributed by atoms with Crippen molar-refractivity contribution in [2.75, 3.05) is 13.7 Å². The van der Waals surface area contributed by atoms with E-state index < -0.39 is 0 Å². The third-order valence-corrected chi connectivity index (χ3v) is 9.73. The summed E-state index contributed by atoms with van der Waals surface area (Å²) in [5.41, 5.74) is 2.24. The molecule has 4 rings (SSSR count). The number of hydrogen-bond donors (Lipinski definition) is 0. The van der Waals surface area contributed by atoms with Crippen molar-refractivity contribution >= 4 is 0 Å². The first-order valence-electron chi connectivity index (χ1n) is 14.5. The molecular weight excluding hydrogens is 407 g/mol. The summed E-state index contributed by atoms with van der Waals surface area (Å²) in [5.74, 6) is 4.63. The van der Waals surface area contributed by atoms with Crippen molar-refractivity contribution in [2.45, 2.75) is 121 Å². The Morgan fingerprint density at radius 2 is 1.36 bits per heavy atom. The molecule has 0 amide bonds. The molecule has 3 fully saturated rings. The van der Waals surface area contributed by atoms with E-state index in [9.17, 15) is 0 Å². The van der Waals surface area contributed by atoms with Gasteiger partial charge in [-0.1, -0.05) is 57.6 Å². The fraction of sp³-hybridized carbons (Fsp3) is 0.806. The fourth-order valence-corrected chi connectivity index (χ4v) is 7.56. The van der Waals surface area contributed by atoms with Gasteiger partial charge >= 0.3 is 0 Å². The zero-order valence-electron chi connectivity index (χ0n) is 21.5. The number of unbranched alkanes of at least 4 members (excludes halogenated alkanes) is 2. The van der Waals surface area contributed by atoms with Crippen LogP contribution < -0.4 is 0 Å². The predicted molar refractivity (Wildman–Crippen MR) is 137 cm³/mol. The van der Waals surface area contributed by atoms with Crippen LogP contribution in [0.3, 0.4) is 0 Å². The van der Waals surface area contributed by atoms with E-state index in [0.717, 1.165) is 42.8 Å². The lowest BCUT2D eigenvalue weighted by Crippen LogP contribution is -2.25. The number of hydrogen-bond acceptors (Lipinski definition) is 1. The van der Waals surface area contributed by atoms with Crippen LogP contribution in [-0.4, -0.2) is 13.7 Å². The van der Waals surface area contributed by atoms with Crippen LogP contribution in [0.25, 0.3) is 0 Å². The van der Waals surface area contributed by atoms with Gasteiger partial charge in [-0.05, 0) is 117 Å². The molecule has 186 valence electrons. The first-order valence-corrected chi connectivity index (χ1v) is 14.5. The van der Waals surface area contributed by atoms with E-state index in [1.54, 1.807) is 7.11 Å². The van der Waals surface area contributed by atoms with E-state index in [0.29, 0.717) is 17.8 Å². The van der Waals surface area contributed by atoms with E-state index in [2.05, 4.69) is 19.1 Å². The number of methoxy groups -OCH3 is 1. The van der Waals surface area contributed by atoms with E-state index in [1.807, 2.05) is 6.07 Å². The monoisotopic (exact) mass is 456 g/mol. The van der Waals surface area contributed by atoms with Crippen molar-refractivity contribution in [1.82, 2.24) is 0 Å². The average molecular weight is 457 g/mol. The van der Waals surface area contributed by atoms with Gasteiger partial charge in [-0.15, -0.1) is 0 Å². The van der Waals surface area contributed by atoms with Crippen LogP contribution in [0, 0.1) is 29.5 Å². The van der Waals surface area contributed by atoms with E-state index >= 15 is 4.39 Å². The standard InChI is InChI=1S/C31H49FO/c1-3-4-5-6-23-7-11-25(12-8-23)26-15-17-27(18-16-26)29-19-20-30(31(32)21-29)28-13-9-24(10-14-28)22-33-2/h19-21,23-28H,3-18,22H2,1-2H3. The van der Waals surface area contributed by atoms with Crippen molar-refractivity contribution in [3.63, 3.8) is 0 Å². The fourth-order valence-electron chi connectivity index (χ4n) is 7.56. The molecule has 0 atom stereocenters. The average Bonchev–Trinajstić information content (AvgIpc) is 2.86. The van der Waals surface area contributed by atoms with Gasteiger partial charge in [0.15, 0.2) is 0 Å². The van der Waals surface area contributed by atoms with Crippen molar-refractivity contribution in [3.8, 4) is 0 Å².